The van der Waals surface area contributed by atoms with Crippen LogP contribution in [0.4, 0.5) is 0 Å². The molecule has 0 amide bonds. The highest BCUT2D eigenvalue weighted by Crippen LogP contribution is 2.57. The van der Waals surface area contributed by atoms with Crippen molar-refractivity contribution in [3.8, 4) is 0 Å². The third-order valence-electron chi connectivity index (χ3n) is 3.59. The molecule has 2 nitrogen and oxygen atoms in total. The van der Waals surface area contributed by atoms with Gasteiger partial charge in [-0.2, -0.15) is 0 Å². The number of carboxylic acid groups (broad SMARTS) is 1. The predicted molar refractivity (Wildman–Crippen MR) is 58.6 cm³/mol. The fourth-order valence-electron chi connectivity index (χ4n) is 2.41. The summed E-state index contributed by atoms with van der Waals surface area (Å²) in [7, 11) is 0. The average molecular weight is 204 g/mol. The number of aliphatic carboxylic acids is 1. The molecule has 2 rings (SSSR count). The van der Waals surface area contributed by atoms with Crippen molar-refractivity contribution in [2.24, 2.45) is 11.3 Å². The van der Waals surface area contributed by atoms with Crippen molar-refractivity contribution in [3.05, 3.63) is 35.9 Å². The highest BCUT2D eigenvalue weighted by Gasteiger charge is 2.56. The number of carboxylic acids is 1. The first-order chi connectivity index (χ1) is 7.18. The van der Waals surface area contributed by atoms with Gasteiger partial charge in [0, 0.05) is 0 Å². The molecule has 0 saturated heterocycles. The number of benzene rings is 1. The summed E-state index contributed by atoms with van der Waals surface area (Å²) in [6.07, 6.45) is 2.70. The summed E-state index contributed by atoms with van der Waals surface area (Å²) in [5.74, 6) is -0.754. The Balaban J connectivity index is 2.09. The summed E-state index contributed by atoms with van der Waals surface area (Å²) in [5.41, 5.74) is 1.29. The van der Waals surface area contributed by atoms with Crippen molar-refractivity contribution in [2.45, 2.75) is 26.2 Å². The van der Waals surface area contributed by atoms with Gasteiger partial charge in [0.05, 0.1) is 5.92 Å². The molecule has 80 valence electrons. The quantitative estimate of drug-likeness (QED) is 0.818. The zero-order valence-corrected chi connectivity index (χ0v) is 8.94. The predicted octanol–water partition coefficient (Wildman–Crippen LogP) is 2.73. The van der Waals surface area contributed by atoms with Gasteiger partial charge in [-0.25, -0.2) is 0 Å². The summed E-state index contributed by atoms with van der Waals surface area (Å²) in [5, 5.41) is 9.00. The number of hydrogen-bond acceptors (Lipinski definition) is 1. The lowest BCUT2D eigenvalue weighted by molar-refractivity contribution is -0.139. The van der Waals surface area contributed by atoms with E-state index in [0.29, 0.717) is 0 Å². The Hall–Kier alpha value is -1.31. The van der Waals surface area contributed by atoms with E-state index in [-0.39, 0.29) is 11.3 Å². The molecule has 0 aromatic heterocycles. The van der Waals surface area contributed by atoms with Crippen molar-refractivity contribution in [2.75, 3.05) is 0 Å². The Bertz CT molecular complexity index is 358. The van der Waals surface area contributed by atoms with Crippen LogP contribution in [0.2, 0.25) is 0 Å². The maximum Gasteiger partial charge on any atom is 0.307 e. The lowest BCUT2D eigenvalue weighted by Crippen LogP contribution is -2.12. The van der Waals surface area contributed by atoms with E-state index in [4.69, 9.17) is 5.11 Å². The van der Waals surface area contributed by atoms with Crippen LogP contribution in [0.25, 0.3) is 0 Å². The summed E-state index contributed by atoms with van der Waals surface area (Å²) >= 11 is 0. The van der Waals surface area contributed by atoms with Crippen molar-refractivity contribution in [1.29, 1.82) is 0 Å². The van der Waals surface area contributed by atoms with Gasteiger partial charge in [0.25, 0.3) is 0 Å². The van der Waals surface area contributed by atoms with Crippen LogP contribution in [-0.2, 0) is 11.2 Å². The highest BCUT2D eigenvalue weighted by atomic mass is 16.4. The maximum absolute atomic E-state index is 10.9. The first-order valence-electron chi connectivity index (χ1n) is 5.45. The van der Waals surface area contributed by atoms with E-state index in [1.807, 2.05) is 18.2 Å². The lowest BCUT2D eigenvalue weighted by atomic mass is 9.91. The van der Waals surface area contributed by atoms with Gasteiger partial charge in [0.1, 0.15) is 0 Å². The van der Waals surface area contributed by atoms with E-state index in [0.717, 1.165) is 19.3 Å². The second-order valence-electron chi connectivity index (χ2n) is 4.47. The largest absolute Gasteiger partial charge is 0.481 e. The highest BCUT2D eigenvalue weighted by molar-refractivity contribution is 5.74. The van der Waals surface area contributed by atoms with Crippen LogP contribution >= 0.6 is 0 Å². The van der Waals surface area contributed by atoms with Crippen LogP contribution in [0.15, 0.2) is 30.3 Å². The Morgan fingerprint density at radius 2 is 2.13 bits per heavy atom. The molecule has 15 heavy (non-hydrogen) atoms. The second kappa shape index (κ2) is 3.69. The van der Waals surface area contributed by atoms with E-state index >= 15 is 0 Å². The molecule has 1 aromatic rings. The number of hydrogen-bond donors (Lipinski definition) is 1. The zero-order valence-electron chi connectivity index (χ0n) is 8.94. The van der Waals surface area contributed by atoms with Crippen molar-refractivity contribution >= 4 is 5.97 Å². The Labute approximate surface area is 89.9 Å². The van der Waals surface area contributed by atoms with Gasteiger partial charge in [0.2, 0.25) is 0 Å². The van der Waals surface area contributed by atoms with Crippen LogP contribution in [0.3, 0.4) is 0 Å². The first kappa shape index (κ1) is 10.2. The van der Waals surface area contributed by atoms with Crippen molar-refractivity contribution in [3.63, 3.8) is 0 Å². The molecule has 0 heterocycles. The number of carbonyl (C=O) groups is 1. The molecule has 2 atom stereocenters. The molecule has 1 aliphatic rings. The molecule has 0 radical (unpaired) electrons. The minimum Gasteiger partial charge on any atom is -0.481 e. The van der Waals surface area contributed by atoms with Gasteiger partial charge in [-0.3, -0.25) is 4.79 Å². The van der Waals surface area contributed by atoms with E-state index in [1.54, 1.807) is 0 Å². The van der Waals surface area contributed by atoms with Crippen LogP contribution in [0, 0.1) is 11.3 Å². The monoisotopic (exact) mass is 204 g/mol. The third-order valence-corrected chi connectivity index (χ3v) is 3.59. The minimum absolute atomic E-state index is 0.0349. The summed E-state index contributed by atoms with van der Waals surface area (Å²) in [4.78, 5) is 10.9. The smallest absolute Gasteiger partial charge is 0.307 e. The van der Waals surface area contributed by atoms with Gasteiger partial charge in [-0.05, 0) is 30.2 Å². The van der Waals surface area contributed by atoms with E-state index < -0.39 is 5.97 Å². The molecule has 1 aliphatic carbocycles. The summed E-state index contributed by atoms with van der Waals surface area (Å²) < 4.78 is 0. The Morgan fingerprint density at radius 1 is 1.47 bits per heavy atom. The third kappa shape index (κ3) is 1.89. The van der Waals surface area contributed by atoms with Gasteiger partial charge >= 0.3 is 5.97 Å². The van der Waals surface area contributed by atoms with E-state index in [2.05, 4.69) is 19.1 Å². The summed E-state index contributed by atoms with van der Waals surface area (Å²) in [6.45, 7) is 2.09. The molecular formula is C13H16O2. The van der Waals surface area contributed by atoms with Crippen molar-refractivity contribution in [1.82, 2.24) is 0 Å². The first-order valence-corrected chi connectivity index (χ1v) is 5.45. The van der Waals surface area contributed by atoms with E-state index in [9.17, 15) is 4.79 Å². The van der Waals surface area contributed by atoms with Crippen LogP contribution in [-0.4, -0.2) is 11.1 Å². The minimum atomic E-state index is -0.632. The second-order valence-corrected chi connectivity index (χ2v) is 4.47. The zero-order chi connectivity index (χ0) is 10.9. The molecule has 2 unspecified atom stereocenters. The van der Waals surface area contributed by atoms with Gasteiger partial charge in [-0.1, -0.05) is 37.3 Å². The van der Waals surface area contributed by atoms with E-state index in [1.165, 1.54) is 5.56 Å². The SMILES string of the molecule is CCC1(Cc2ccccc2)CC1C(=O)O. The molecular weight excluding hydrogens is 188 g/mol. The molecule has 0 bridgehead atoms. The molecule has 1 fully saturated rings. The molecule has 1 saturated carbocycles. The van der Waals surface area contributed by atoms with Gasteiger partial charge < -0.3 is 5.11 Å². The molecule has 2 heteroatoms. The maximum atomic E-state index is 10.9. The summed E-state index contributed by atoms with van der Waals surface area (Å²) in [6, 6.07) is 10.2. The molecule has 0 spiro atoms. The van der Waals surface area contributed by atoms with Crippen LogP contribution in [0.1, 0.15) is 25.3 Å². The Morgan fingerprint density at radius 3 is 2.60 bits per heavy atom. The molecule has 1 N–H and O–H groups in total. The fraction of sp³-hybridized carbons (Fsp3) is 0.462. The lowest BCUT2D eigenvalue weighted by Gasteiger charge is -2.13. The fourth-order valence-corrected chi connectivity index (χ4v) is 2.41. The van der Waals surface area contributed by atoms with Gasteiger partial charge in [0.15, 0.2) is 0 Å². The standard InChI is InChI=1S/C13H16O2/c1-2-13(9-11(13)12(14)15)8-10-6-4-3-5-7-10/h3-7,11H,2,8-9H2,1H3,(H,14,15). The Kier molecular flexibility index (Phi) is 2.51. The van der Waals surface area contributed by atoms with Gasteiger partial charge in [-0.15, -0.1) is 0 Å². The molecule has 0 aliphatic heterocycles. The van der Waals surface area contributed by atoms with Crippen LogP contribution < -0.4 is 0 Å². The van der Waals surface area contributed by atoms with Crippen molar-refractivity contribution < 1.29 is 9.90 Å². The average Bonchev–Trinajstić information content (AvgIpc) is 2.95. The van der Waals surface area contributed by atoms with Crippen LogP contribution in [0.5, 0.6) is 0 Å². The number of rotatable bonds is 4. The molecule has 1 aromatic carbocycles. The normalized spacial score (nSPS) is 28.7. The topological polar surface area (TPSA) is 37.3 Å².